The van der Waals surface area contributed by atoms with E-state index in [4.69, 9.17) is 6.42 Å². The van der Waals surface area contributed by atoms with E-state index in [0.717, 1.165) is 0 Å². The zero-order chi connectivity index (χ0) is 13.8. The van der Waals surface area contributed by atoms with E-state index >= 15 is 0 Å². The van der Waals surface area contributed by atoms with E-state index in [-0.39, 0.29) is 17.8 Å². The van der Waals surface area contributed by atoms with Crippen LogP contribution in [-0.4, -0.2) is 11.9 Å². The molecular formula is C16H14FNO. The highest BCUT2D eigenvalue weighted by molar-refractivity contribution is 6.07. The van der Waals surface area contributed by atoms with Crippen LogP contribution in [0.2, 0.25) is 0 Å². The summed E-state index contributed by atoms with van der Waals surface area (Å²) < 4.78 is 13.7. The minimum Gasteiger partial charge on any atom is -0.349 e. The van der Waals surface area contributed by atoms with Gasteiger partial charge in [-0.2, -0.15) is 0 Å². The fourth-order valence-electron chi connectivity index (χ4n) is 1.99. The summed E-state index contributed by atoms with van der Waals surface area (Å²) in [6.07, 6.45) is 5.67. The van der Waals surface area contributed by atoms with E-state index in [1.165, 1.54) is 12.1 Å². The van der Waals surface area contributed by atoms with Crippen LogP contribution in [0.1, 0.15) is 23.7 Å². The number of carbonyl (C=O) groups is 1. The maximum atomic E-state index is 13.7. The van der Waals surface area contributed by atoms with Gasteiger partial charge in [0.15, 0.2) is 0 Å². The third-order valence-corrected chi connectivity index (χ3v) is 2.92. The van der Waals surface area contributed by atoms with Gasteiger partial charge in [0, 0.05) is 23.4 Å². The van der Waals surface area contributed by atoms with Crippen LogP contribution in [0.5, 0.6) is 0 Å². The van der Waals surface area contributed by atoms with Crippen molar-refractivity contribution in [2.75, 3.05) is 0 Å². The monoisotopic (exact) mass is 255 g/mol. The molecule has 2 aromatic carbocycles. The summed E-state index contributed by atoms with van der Waals surface area (Å²) in [6.45, 7) is 1.84. The molecule has 0 aromatic heterocycles. The number of rotatable bonds is 3. The molecule has 0 saturated carbocycles. The van der Waals surface area contributed by atoms with E-state index in [1.54, 1.807) is 24.3 Å². The molecule has 0 bridgehead atoms. The Bertz CT molecular complexity index is 657. The van der Waals surface area contributed by atoms with Gasteiger partial charge in [-0.3, -0.25) is 4.79 Å². The predicted molar refractivity (Wildman–Crippen MR) is 74.3 cm³/mol. The van der Waals surface area contributed by atoms with Gasteiger partial charge in [-0.15, -0.1) is 12.3 Å². The molecule has 0 aliphatic heterocycles. The molecule has 0 aliphatic carbocycles. The predicted octanol–water partition coefficient (Wildman–Crippen LogP) is 3.12. The Balaban J connectivity index is 2.38. The second kappa shape index (κ2) is 5.53. The summed E-state index contributed by atoms with van der Waals surface area (Å²) in [5, 5.41) is 3.85. The quantitative estimate of drug-likeness (QED) is 0.839. The number of carbonyl (C=O) groups excluding carboxylic acids is 1. The summed E-state index contributed by atoms with van der Waals surface area (Å²) in [5.74, 6) is 1.93. The lowest BCUT2D eigenvalue weighted by molar-refractivity contribution is 0.0942. The Kier molecular flexibility index (Phi) is 3.82. The molecule has 1 unspecified atom stereocenters. The summed E-state index contributed by atoms with van der Waals surface area (Å²) in [4.78, 5) is 12.2. The van der Waals surface area contributed by atoms with Gasteiger partial charge in [0.1, 0.15) is 5.82 Å². The molecule has 0 radical (unpaired) electrons. The Morgan fingerprint density at radius 3 is 2.68 bits per heavy atom. The van der Waals surface area contributed by atoms with Crippen molar-refractivity contribution in [3.05, 3.63) is 47.8 Å². The van der Waals surface area contributed by atoms with Crippen LogP contribution in [0.25, 0.3) is 10.8 Å². The summed E-state index contributed by atoms with van der Waals surface area (Å²) in [7, 11) is 0. The fraction of sp³-hybridized carbons (Fsp3) is 0.188. The average Bonchev–Trinajstić information content (AvgIpc) is 2.39. The van der Waals surface area contributed by atoms with Crippen molar-refractivity contribution in [1.82, 2.24) is 5.32 Å². The van der Waals surface area contributed by atoms with Crippen molar-refractivity contribution in [1.29, 1.82) is 0 Å². The van der Waals surface area contributed by atoms with E-state index in [0.29, 0.717) is 22.8 Å². The summed E-state index contributed by atoms with van der Waals surface area (Å²) in [5.41, 5.74) is 0.459. The Hall–Kier alpha value is -2.34. The van der Waals surface area contributed by atoms with Gasteiger partial charge in [-0.25, -0.2) is 4.39 Å². The number of amides is 1. The number of terminal acetylenes is 1. The van der Waals surface area contributed by atoms with Gasteiger partial charge in [0.2, 0.25) is 0 Å². The molecule has 2 aromatic rings. The van der Waals surface area contributed by atoms with Crippen LogP contribution < -0.4 is 5.32 Å². The molecule has 0 spiro atoms. The molecule has 0 aliphatic rings. The van der Waals surface area contributed by atoms with Gasteiger partial charge in [0.25, 0.3) is 5.91 Å². The van der Waals surface area contributed by atoms with Crippen LogP contribution in [0.4, 0.5) is 4.39 Å². The lowest BCUT2D eigenvalue weighted by atomic mass is 10.0. The Morgan fingerprint density at radius 2 is 2.00 bits per heavy atom. The molecule has 19 heavy (non-hydrogen) atoms. The first-order valence-corrected chi connectivity index (χ1v) is 6.05. The maximum Gasteiger partial charge on any atom is 0.252 e. The molecule has 3 heteroatoms. The third-order valence-electron chi connectivity index (χ3n) is 2.92. The summed E-state index contributed by atoms with van der Waals surface area (Å²) in [6, 6.07) is 9.61. The van der Waals surface area contributed by atoms with Crippen LogP contribution in [0.3, 0.4) is 0 Å². The number of halogens is 1. The van der Waals surface area contributed by atoms with Gasteiger partial charge in [0.05, 0.1) is 0 Å². The van der Waals surface area contributed by atoms with E-state index in [2.05, 4.69) is 11.2 Å². The summed E-state index contributed by atoms with van der Waals surface area (Å²) >= 11 is 0. The lowest BCUT2D eigenvalue weighted by Crippen LogP contribution is -2.32. The van der Waals surface area contributed by atoms with Crippen molar-refractivity contribution in [2.45, 2.75) is 19.4 Å². The van der Waals surface area contributed by atoms with Crippen molar-refractivity contribution < 1.29 is 9.18 Å². The Labute approximate surface area is 111 Å². The number of hydrogen-bond donors (Lipinski definition) is 1. The van der Waals surface area contributed by atoms with Gasteiger partial charge in [-0.05, 0) is 24.4 Å². The van der Waals surface area contributed by atoms with E-state index < -0.39 is 0 Å². The first-order chi connectivity index (χ1) is 9.13. The molecular weight excluding hydrogens is 241 g/mol. The number of nitrogens with one attached hydrogen (secondary N) is 1. The maximum absolute atomic E-state index is 13.7. The van der Waals surface area contributed by atoms with Gasteiger partial charge < -0.3 is 5.32 Å². The van der Waals surface area contributed by atoms with Crippen LogP contribution >= 0.6 is 0 Å². The van der Waals surface area contributed by atoms with Crippen molar-refractivity contribution in [3.8, 4) is 12.3 Å². The fourth-order valence-corrected chi connectivity index (χ4v) is 1.99. The number of benzene rings is 2. The molecule has 1 atom stereocenters. The molecule has 0 saturated heterocycles. The lowest BCUT2D eigenvalue weighted by Gasteiger charge is -2.12. The normalized spacial score (nSPS) is 11.8. The molecule has 0 fully saturated rings. The largest absolute Gasteiger partial charge is 0.349 e. The second-order valence-corrected chi connectivity index (χ2v) is 4.42. The zero-order valence-corrected chi connectivity index (χ0v) is 10.6. The average molecular weight is 255 g/mol. The highest BCUT2D eigenvalue weighted by Gasteiger charge is 2.13. The van der Waals surface area contributed by atoms with Gasteiger partial charge >= 0.3 is 0 Å². The highest BCUT2D eigenvalue weighted by atomic mass is 19.1. The molecule has 1 amide bonds. The first kappa shape index (κ1) is 13.1. The Morgan fingerprint density at radius 1 is 1.32 bits per heavy atom. The van der Waals surface area contributed by atoms with E-state index in [1.807, 2.05) is 6.92 Å². The number of hydrogen-bond acceptors (Lipinski definition) is 1. The molecule has 96 valence electrons. The van der Waals surface area contributed by atoms with Crippen LogP contribution in [0, 0.1) is 18.2 Å². The molecule has 0 heterocycles. The third kappa shape index (κ3) is 2.74. The molecule has 2 rings (SSSR count). The molecule has 2 nitrogen and oxygen atoms in total. The van der Waals surface area contributed by atoms with Crippen molar-refractivity contribution in [2.24, 2.45) is 0 Å². The smallest absolute Gasteiger partial charge is 0.252 e. The van der Waals surface area contributed by atoms with E-state index in [9.17, 15) is 9.18 Å². The topological polar surface area (TPSA) is 29.1 Å². The minimum absolute atomic E-state index is 0.110. The van der Waals surface area contributed by atoms with Crippen molar-refractivity contribution >= 4 is 16.7 Å². The highest BCUT2D eigenvalue weighted by Crippen LogP contribution is 2.21. The van der Waals surface area contributed by atoms with Crippen LogP contribution in [0.15, 0.2) is 36.4 Å². The molecule has 1 N–H and O–H groups in total. The first-order valence-electron chi connectivity index (χ1n) is 6.05. The second-order valence-electron chi connectivity index (χ2n) is 4.42. The van der Waals surface area contributed by atoms with Crippen LogP contribution in [-0.2, 0) is 0 Å². The number of fused-ring (bicyclic) bond motifs is 1. The van der Waals surface area contributed by atoms with Crippen molar-refractivity contribution in [3.63, 3.8) is 0 Å². The van der Waals surface area contributed by atoms with Gasteiger partial charge in [-0.1, -0.05) is 24.3 Å². The standard InChI is InChI=1S/C16H14FNO/c1-3-6-11(2)18-16(19)14-9-10-15(17)13-8-5-4-7-12(13)14/h1,4-5,7-11H,6H2,2H3,(H,18,19). The zero-order valence-electron chi connectivity index (χ0n) is 10.6. The minimum atomic E-state index is -0.330. The SMILES string of the molecule is C#CCC(C)NC(=O)c1ccc(F)c2ccccc12.